The molecule has 0 aliphatic heterocycles. The van der Waals surface area contributed by atoms with Gasteiger partial charge in [0.15, 0.2) is 0 Å². The first-order chi connectivity index (χ1) is 6.99. The van der Waals surface area contributed by atoms with E-state index in [4.69, 9.17) is 10.8 Å². The van der Waals surface area contributed by atoms with Crippen molar-refractivity contribution in [3.8, 4) is 0 Å². The van der Waals surface area contributed by atoms with Crippen LogP contribution < -0.4 is 5.73 Å². The van der Waals surface area contributed by atoms with Gasteiger partial charge < -0.3 is 10.8 Å². The molecule has 0 saturated heterocycles. The van der Waals surface area contributed by atoms with Crippen LogP contribution in [-0.2, 0) is 4.79 Å². The molecular formula is C10H12FNO2S. The van der Waals surface area contributed by atoms with Crippen LogP contribution in [0.3, 0.4) is 0 Å². The molecule has 0 spiro atoms. The lowest BCUT2D eigenvalue weighted by Gasteiger charge is -2.09. The second kappa shape index (κ2) is 5.14. The fourth-order valence-corrected chi connectivity index (χ4v) is 2.05. The Labute approximate surface area is 91.5 Å². The Kier molecular flexibility index (Phi) is 4.11. The van der Waals surface area contributed by atoms with Gasteiger partial charge in [0, 0.05) is 4.90 Å². The van der Waals surface area contributed by atoms with Crippen LogP contribution >= 0.6 is 11.8 Å². The van der Waals surface area contributed by atoms with E-state index in [1.165, 1.54) is 17.8 Å². The van der Waals surface area contributed by atoms with Gasteiger partial charge in [-0.25, -0.2) is 4.39 Å². The zero-order valence-corrected chi connectivity index (χ0v) is 9.05. The molecule has 0 aliphatic rings. The van der Waals surface area contributed by atoms with Gasteiger partial charge in [-0.2, -0.15) is 0 Å². The monoisotopic (exact) mass is 229 g/mol. The van der Waals surface area contributed by atoms with Gasteiger partial charge in [0.25, 0.3) is 0 Å². The summed E-state index contributed by atoms with van der Waals surface area (Å²) in [5.74, 6) is -1.21. The molecule has 0 fully saturated rings. The van der Waals surface area contributed by atoms with Crippen LogP contribution in [0.4, 0.5) is 4.39 Å². The number of carboxylic acids is 1. The lowest BCUT2D eigenvalue weighted by Crippen LogP contribution is -2.19. The van der Waals surface area contributed by atoms with Crippen LogP contribution in [0.15, 0.2) is 23.1 Å². The van der Waals surface area contributed by atoms with Gasteiger partial charge in [0.05, 0.1) is 11.8 Å². The van der Waals surface area contributed by atoms with Crippen LogP contribution in [0.25, 0.3) is 0 Å². The SMILES string of the molecule is Cc1cc(SC(N)CC(=O)O)ccc1F. The van der Waals surface area contributed by atoms with Gasteiger partial charge in [-0.3, -0.25) is 4.79 Å². The molecule has 1 atom stereocenters. The fourth-order valence-electron chi connectivity index (χ4n) is 1.08. The quantitative estimate of drug-likeness (QED) is 0.612. The molecule has 15 heavy (non-hydrogen) atoms. The van der Waals surface area contributed by atoms with Crippen LogP contribution in [0, 0.1) is 12.7 Å². The van der Waals surface area contributed by atoms with Gasteiger partial charge >= 0.3 is 5.97 Å². The summed E-state index contributed by atoms with van der Waals surface area (Å²) < 4.78 is 12.9. The molecular weight excluding hydrogens is 217 g/mol. The zero-order valence-electron chi connectivity index (χ0n) is 8.24. The fraction of sp³-hybridized carbons (Fsp3) is 0.300. The van der Waals surface area contributed by atoms with E-state index in [1.54, 1.807) is 19.1 Å². The summed E-state index contributed by atoms with van der Waals surface area (Å²) in [6.45, 7) is 1.65. The minimum absolute atomic E-state index is 0.110. The zero-order chi connectivity index (χ0) is 11.4. The van der Waals surface area contributed by atoms with Crippen molar-refractivity contribution < 1.29 is 14.3 Å². The number of carboxylic acid groups (broad SMARTS) is 1. The molecule has 1 aromatic rings. The van der Waals surface area contributed by atoms with E-state index in [0.717, 1.165) is 4.90 Å². The molecule has 0 saturated carbocycles. The number of aryl methyl sites for hydroxylation is 1. The number of halogens is 1. The molecule has 5 heteroatoms. The highest BCUT2D eigenvalue weighted by atomic mass is 32.2. The summed E-state index contributed by atoms with van der Waals surface area (Å²) in [5.41, 5.74) is 6.11. The third-order valence-electron chi connectivity index (χ3n) is 1.79. The van der Waals surface area contributed by atoms with Crippen molar-refractivity contribution in [3.63, 3.8) is 0 Å². The Morgan fingerprint density at radius 2 is 2.33 bits per heavy atom. The maximum absolute atomic E-state index is 12.9. The first-order valence-electron chi connectivity index (χ1n) is 4.39. The molecule has 1 unspecified atom stereocenters. The highest BCUT2D eigenvalue weighted by Crippen LogP contribution is 2.24. The topological polar surface area (TPSA) is 63.3 Å². The highest BCUT2D eigenvalue weighted by molar-refractivity contribution is 7.99. The molecule has 0 aliphatic carbocycles. The van der Waals surface area contributed by atoms with Gasteiger partial charge in [0.1, 0.15) is 5.82 Å². The van der Waals surface area contributed by atoms with Crippen LogP contribution in [-0.4, -0.2) is 16.4 Å². The van der Waals surface area contributed by atoms with Crippen LogP contribution in [0.1, 0.15) is 12.0 Å². The van der Waals surface area contributed by atoms with E-state index in [2.05, 4.69) is 0 Å². The van der Waals surface area contributed by atoms with Gasteiger partial charge in [-0.05, 0) is 30.7 Å². The molecule has 0 aromatic heterocycles. The molecule has 3 N–H and O–H groups in total. The van der Waals surface area contributed by atoms with Gasteiger partial charge in [0.2, 0.25) is 0 Å². The molecule has 1 rings (SSSR count). The number of benzene rings is 1. The minimum atomic E-state index is -0.936. The van der Waals surface area contributed by atoms with E-state index in [-0.39, 0.29) is 12.2 Å². The summed E-state index contributed by atoms with van der Waals surface area (Å²) in [4.78, 5) is 11.1. The van der Waals surface area contributed by atoms with Crippen molar-refractivity contribution in [2.75, 3.05) is 0 Å². The number of hydrogen-bond acceptors (Lipinski definition) is 3. The van der Waals surface area contributed by atoms with E-state index in [1.807, 2.05) is 0 Å². The molecule has 1 aromatic carbocycles. The Balaban J connectivity index is 2.64. The van der Waals surface area contributed by atoms with E-state index in [0.29, 0.717) is 5.56 Å². The highest BCUT2D eigenvalue weighted by Gasteiger charge is 2.10. The Bertz CT molecular complexity index is 370. The second-order valence-corrected chi connectivity index (χ2v) is 4.48. The average Bonchev–Trinajstić information content (AvgIpc) is 2.10. The Morgan fingerprint density at radius 1 is 1.67 bits per heavy atom. The van der Waals surface area contributed by atoms with Crippen molar-refractivity contribution in [2.24, 2.45) is 5.73 Å². The summed E-state index contributed by atoms with van der Waals surface area (Å²) in [7, 11) is 0. The molecule has 82 valence electrons. The second-order valence-electron chi connectivity index (χ2n) is 3.17. The first kappa shape index (κ1) is 12.0. The Hall–Kier alpha value is -1.07. The molecule has 0 radical (unpaired) electrons. The standard InChI is InChI=1S/C10H12FNO2S/c1-6-4-7(2-3-8(6)11)15-9(12)5-10(13)14/h2-4,9H,5,12H2,1H3,(H,13,14). The van der Waals surface area contributed by atoms with E-state index < -0.39 is 11.3 Å². The predicted octanol–water partition coefficient (Wildman–Crippen LogP) is 1.99. The maximum Gasteiger partial charge on any atom is 0.305 e. The predicted molar refractivity (Wildman–Crippen MR) is 57.2 cm³/mol. The summed E-state index contributed by atoms with van der Waals surface area (Å²) in [6, 6.07) is 4.60. The normalized spacial score (nSPS) is 12.5. The van der Waals surface area contributed by atoms with Crippen molar-refractivity contribution in [2.45, 2.75) is 23.6 Å². The third kappa shape index (κ3) is 3.89. The number of thioether (sulfide) groups is 1. The summed E-state index contributed by atoms with van der Waals surface area (Å²) >= 11 is 1.23. The lowest BCUT2D eigenvalue weighted by atomic mass is 10.2. The van der Waals surface area contributed by atoms with Crippen molar-refractivity contribution in [3.05, 3.63) is 29.6 Å². The summed E-state index contributed by atoms with van der Waals surface area (Å²) in [5, 5.41) is 8.00. The van der Waals surface area contributed by atoms with Crippen LogP contribution in [0.5, 0.6) is 0 Å². The number of aliphatic carboxylic acids is 1. The number of nitrogens with two attached hydrogens (primary N) is 1. The van der Waals surface area contributed by atoms with Gasteiger partial charge in [-0.15, -0.1) is 11.8 Å². The number of carbonyl (C=O) groups is 1. The largest absolute Gasteiger partial charge is 0.481 e. The number of hydrogen-bond donors (Lipinski definition) is 2. The smallest absolute Gasteiger partial charge is 0.305 e. The maximum atomic E-state index is 12.9. The first-order valence-corrected chi connectivity index (χ1v) is 5.27. The lowest BCUT2D eigenvalue weighted by molar-refractivity contribution is -0.136. The van der Waals surface area contributed by atoms with Gasteiger partial charge in [-0.1, -0.05) is 0 Å². The van der Waals surface area contributed by atoms with E-state index >= 15 is 0 Å². The third-order valence-corrected chi connectivity index (χ3v) is 2.79. The van der Waals surface area contributed by atoms with Crippen molar-refractivity contribution in [1.29, 1.82) is 0 Å². The van der Waals surface area contributed by atoms with E-state index in [9.17, 15) is 9.18 Å². The molecule has 0 amide bonds. The molecule has 0 heterocycles. The van der Waals surface area contributed by atoms with Crippen molar-refractivity contribution >= 4 is 17.7 Å². The Morgan fingerprint density at radius 3 is 2.87 bits per heavy atom. The van der Waals surface area contributed by atoms with Crippen molar-refractivity contribution in [1.82, 2.24) is 0 Å². The van der Waals surface area contributed by atoms with Crippen LogP contribution in [0.2, 0.25) is 0 Å². The average molecular weight is 229 g/mol. The molecule has 0 bridgehead atoms. The number of rotatable bonds is 4. The summed E-state index contributed by atoms with van der Waals surface area (Å²) in [6.07, 6.45) is -0.110. The minimum Gasteiger partial charge on any atom is -0.481 e. The molecule has 3 nitrogen and oxygen atoms in total.